The number of aromatic hydroxyl groups is 1. The Balaban J connectivity index is 2.46. The van der Waals surface area contributed by atoms with E-state index in [9.17, 15) is 9.90 Å². The summed E-state index contributed by atoms with van der Waals surface area (Å²) in [5.41, 5.74) is 8.87. The largest absolute Gasteiger partial charge is 0.505 e. The molecule has 0 radical (unpaired) electrons. The summed E-state index contributed by atoms with van der Waals surface area (Å²) >= 11 is 5.45. The van der Waals surface area contributed by atoms with Crippen LogP contribution in [-0.4, -0.2) is 10.3 Å². The molecule has 0 atom stereocenters. The number of hydrogen-bond donors (Lipinski definition) is 3. The monoisotopic (exact) mass is 360 g/mol. The summed E-state index contributed by atoms with van der Waals surface area (Å²) in [5, 5.41) is 17.4. The topological polar surface area (TPSA) is 89.7 Å². The number of carbonyl (C=O) groups excluding carboxylic acids is 1. The highest BCUT2D eigenvalue weighted by Crippen LogP contribution is 2.38. The number of anilines is 1. The molecule has 0 aliphatic carbocycles. The number of nitrogens with two attached hydrogens (primary N) is 1. The molecule has 2 aromatic carbocycles. The maximum Gasteiger partial charge on any atom is 0.252 e. The third kappa shape index (κ3) is 5.03. The van der Waals surface area contributed by atoms with E-state index < -0.39 is 0 Å². The van der Waals surface area contributed by atoms with Crippen LogP contribution in [0.1, 0.15) is 38.3 Å². The van der Waals surface area contributed by atoms with Crippen LogP contribution in [0.5, 0.6) is 5.75 Å². The van der Waals surface area contributed by atoms with Crippen molar-refractivity contribution in [3.05, 3.63) is 47.5 Å². The third-order valence-electron chi connectivity index (χ3n) is 3.83. The molecule has 0 saturated carbocycles. The molecule has 0 spiro atoms. The molecule has 0 amide bonds. The average Bonchev–Trinajstić information content (AvgIpc) is 2.52. The summed E-state index contributed by atoms with van der Waals surface area (Å²) in [6.07, 6.45) is 0.718. The summed E-state index contributed by atoms with van der Waals surface area (Å²) < 4.78 is 0. The highest BCUT2D eigenvalue weighted by atomic mass is 35.5. The number of nitrogens with one attached hydrogen (secondary N) is 1. The first-order valence-electron chi connectivity index (χ1n) is 8.04. The van der Waals surface area contributed by atoms with Crippen molar-refractivity contribution in [2.45, 2.75) is 39.0 Å². The van der Waals surface area contributed by atoms with Gasteiger partial charge in [0.05, 0.1) is 0 Å². The smallest absolute Gasteiger partial charge is 0.252 e. The Hall–Kier alpha value is -2.40. The Bertz CT molecular complexity index is 811. The Kier molecular flexibility index (Phi) is 5.80. The minimum Gasteiger partial charge on any atom is -0.505 e. The van der Waals surface area contributed by atoms with Gasteiger partial charge in [0.15, 0.2) is 11.4 Å². The summed E-state index contributed by atoms with van der Waals surface area (Å²) in [5.74, 6) is 0.107. The number of nitrogen functional groups attached to an aromatic ring is 1. The van der Waals surface area contributed by atoms with Crippen LogP contribution >= 0.6 is 11.6 Å². The molecule has 0 aliphatic heterocycles. The van der Waals surface area contributed by atoms with Crippen LogP contribution < -0.4 is 10.8 Å². The highest BCUT2D eigenvalue weighted by molar-refractivity contribution is 6.63. The van der Waals surface area contributed by atoms with Gasteiger partial charge >= 0.3 is 0 Å². The molecule has 25 heavy (non-hydrogen) atoms. The third-order valence-corrected chi connectivity index (χ3v) is 4.01. The number of carbonyl (C=O) groups is 1. The van der Waals surface area contributed by atoms with E-state index in [0.717, 1.165) is 11.1 Å². The van der Waals surface area contributed by atoms with Crippen LogP contribution in [0.4, 0.5) is 17.1 Å². The number of phenols is 1. The molecule has 0 saturated heterocycles. The van der Waals surface area contributed by atoms with Gasteiger partial charge in [0.2, 0.25) is 5.24 Å². The lowest BCUT2D eigenvalue weighted by Gasteiger charge is -2.21. The molecular weight excluding hydrogens is 338 g/mol. The van der Waals surface area contributed by atoms with Crippen LogP contribution in [0.25, 0.3) is 0 Å². The van der Waals surface area contributed by atoms with Crippen LogP contribution in [0.15, 0.2) is 41.5 Å². The minimum absolute atomic E-state index is 0.107. The van der Waals surface area contributed by atoms with Crippen molar-refractivity contribution >= 4 is 33.9 Å². The van der Waals surface area contributed by atoms with E-state index >= 15 is 0 Å². The van der Waals surface area contributed by atoms with Crippen molar-refractivity contribution in [1.29, 1.82) is 0 Å². The first kappa shape index (κ1) is 18.9. The van der Waals surface area contributed by atoms with Gasteiger partial charge in [0.25, 0.3) is 5.69 Å². The molecule has 5 nitrogen and oxygen atoms in total. The van der Waals surface area contributed by atoms with Crippen molar-refractivity contribution in [3.8, 4) is 5.75 Å². The van der Waals surface area contributed by atoms with Crippen LogP contribution in [0, 0.1) is 0 Å². The second kappa shape index (κ2) is 7.66. The summed E-state index contributed by atoms with van der Waals surface area (Å²) in [6, 6.07) is 10.9. The van der Waals surface area contributed by atoms with Crippen molar-refractivity contribution in [2.75, 3.05) is 5.73 Å². The predicted octanol–water partition coefficient (Wildman–Crippen LogP) is 3.47. The fourth-order valence-corrected chi connectivity index (χ4v) is 2.54. The molecule has 132 valence electrons. The molecule has 6 heteroatoms. The normalized spacial score (nSPS) is 11.8. The minimum atomic E-state index is -0.390. The Morgan fingerprint density at radius 3 is 2.56 bits per heavy atom. The fraction of sp³-hybridized carbons (Fsp3) is 0.316. The first-order chi connectivity index (χ1) is 11.7. The molecule has 0 fully saturated rings. The number of para-hydroxylation sites is 2. The predicted molar refractivity (Wildman–Crippen MR) is 99.6 cm³/mol. The summed E-state index contributed by atoms with van der Waals surface area (Å²) in [4.78, 5) is 11.1. The zero-order chi connectivity index (χ0) is 18.6. The SMILES string of the molecule is CC(C)(C)c1cc(CCC(=O)Cl)cc(N=[NH+]c2ccccc2N)c1O. The Morgan fingerprint density at radius 1 is 1.28 bits per heavy atom. The molecule has 0 aliphatic rings. The fourth-order valence-electron chi connectivity index (χ4n) is 2.44. The number of azo groups is 1. The second-order valence-corrected chi connectivity index (χ2v) is 7.35. The van der Waals surface area contributed by atoms with Gasteiger partial charge in [-0.3, -0.25) is 4.79 Å². The zero-order valence-electron chi connectivity index (χ0n) is 14.6. The quantitative estimate of drug-likeness (QED) is 0.433. The molecule has 2 rings (SSSR count). The Morgan fingerprint density at radius 2 is 1.96 bits per heavy atom. The lowest BCUT2D eigenvalue weighted by Crippen LogP contribution is -2.57. The van der Waals surface area contributed by atoms with Gasteiger partial charge in [0, 0.05) is 23.2 Å². The van der Waals surface area contributed by atoms with Gasteiger partial charge in [-0.2, -0.15) is 0 Å². The average molecular weight is 361 g/mol. The molecule has 0 aromatic heterocycles. The van der Waals surface area contributed by atoms with Crippen molar-refractivity contribution in [1.82, 2.24) is 0 Å². The summed E-state index contributed by atoms with van der Waals surface area (Å²) in [7, 11) is 0. The van der Waals surface area contributed by atoms with Gasteiger partial charge < -0.3 is 10.8 Å². The molecule has 0 heterocycles. The van der Waals surface area contributed by atoms with Crippen LogP contribution in [0.2, 0.25) is 0 Å². The molecule has 0 bridgehead atoms. The van der Waals surface area contributed by atoms with E-state index in [4.69, 9.17) is 17.3 Å². The zero-order valence-corrected chi connectivity index (χ0v) is 15.4. The van der Waals surface area contributed by atoms with E-state index in [-0.39, 0.29) is 22.8 Å². The van der Waals surface area contributed by atoms with Crippen molar-refractivity contribution in [3.63, 3.8) is 0 Å². The number of nitrogens with zero attached hydrogens (tertiary/aromatic N) is 1. The van der Waals surface area contributed by atoms with Crippen molar-refractivity contribution in [2.24, 2.45) is 5.11 Å². The maximum absolute atomic E-state index is 11.1. The number of hydrogen-bond acceptors (Lipinski definition) is 4. The molecular formula is C19H23ClN3O2+. The lowest BCUT2D eigenvalue weighted by molar-refractivity contribution is -0.432. The van der Waals surface area contributed by atoms with Crippen molar-refractivity contribution < 1.29 is 15.0 Å². The first-order valence-corrected chi connectivity index (χ1v) is 8.42. The number of benzene rings is 2. The maximum atomic E-state index is 11.1. The lowest BCUT2D eigenvalue weighted by atomic mass is 9.84. The van der Waals surface area contributed by atoms with E-state index in [1.54, 1.807) is 18.2 Å². The van der Waals surface area contributed by atoms with E-state index in [0.29, 0.717) is 23.5 Å². The molecule has 4 N–H and O–H groups in total. The Labute approximate surface area is 152 Å². The van der Waals surface area contributed by atoms with E-state index in [1.165, 1.54) is 0 Å². The summed E-state index contributed by atoms with van der Waals surface area (Å²) in [6.45, 7) is 6.01. The molecule has 2 aromatic rings. The van der Waals surface area contributed by atoms with Gasteiger partial charge in [-0.05, 0) is 41.1 Å². The van der Waals surface area contributed by atoms with E-state index in [1.807, 2.05) is 39.0 Å². The number of rotatable bonds is 5. The number of phenolic OH excluding ortho intramolecular Hbond substituents is 1. The standard InChI is InChI=1S/C19H22ClN3O2/c1-19(2,3)13-10-12(8-9-17(20)24)11-16(18(13)25)23-22-15-7-5-4-6-14(15)21/h4-7,10-11,25H,8-9,21H2,1-3H3/p+1. The van der Waals surface area contributed by atoms with Crippen LogP contribution in [0.3, 0.4) is 0 Å². The van der Waals surface area contributed by atoms with Gasteiger partial charge in [-0.1, -0.05) is 44.1 Å². The van der Waals surface area contributed by atoms with E-state index in [2.05, 4.69) is 10.2 Å². The van der Waals surface area contributed by atoms with Gasteiger partial charge in [-0.25, -0.2) is 0 Å². The van der Waals surface area contributed by atoms with Gasteiger partial charge in [-0.15, -0.1) is 0 Å². The number of halogens is 1. The second-order valence-electron chi connectivity index (χ2n) is 6.93. The number of aryl methyl sites for hydroxylation is 1. The van der Waals surface area contributed by atoms with Crippen LogP contribution in [-0.2, 0) is 16.6 Å². The molecule has 0 unspecified atom stereocenters. The highest BCUT2D eigenvalue weighted by Gasteiger charge is 2.22. The van der Waals surface area contributed by atoms with Gasteiger partial charge in [0.1, 0.15) is 5.69 Å².